The molecule has 0 saturated carbocycles. The molecular formula is C6H9NO3. The van der Waals surface area contributed by atoms with Crippen molar-refractivity contribution in [1.29, 1.82) is 0 Å². The van der Waals surface area contributed by atoms with Crippen molar-refractivity contribution in [2.24, 2.45) is 0 Å². The van der Waals surface area contributed by atoms with Crippen LogP contribution in [0.2, 0.25) is 0 Å². The molecule has 2 aliphatic rings. The zero-order valence-corrected chi connectivity index (χ0v) is 5.49. The quantitative estimate of drug-likeness (QED) is 0.490. The Labute approximate surface area is 58.4 Å². The van der Waals surface area contributed by atoms with E-state index in [1.165, 1.54) is 4.90 Å². The van der Waals surface area contributed by atoms with Gasteiger partial charge in [0.1, 0.15) is 6.10 Å². The second kappa shape index (κ2) is 1.85. The second-order valence-electron chi connectivity index (χ2n) is 2.73. The van der Waals surface area contributed by atoms with Crippen LogP contribution in [0.15, 0.2) is 0 Å². The Kier molecular flexibility index (Phi) is 1.11. The molecule has 2 fully saturated rings. The molecule has 0 aromatic rings. The fourth-order valence-corrected chi connectivity index (χ4v) is 1.36. The van der Waals surface area contributed by atoms with Gasteiger partial charge >= 0.3 is 6.09 Å². The van der Waals surface area contributed by atoms with Gasteiger partial charge in [-0.2, -0.15) is 0 Å². The minimum Gasteiger partial charge on any atom is -0.465 e. The molecule has 0 unspecified atom stereocenters. The number of hydrogen-bond donors (Lipinski definition) is 1. The summed E-state index contributed by atoms with van der Waals surface area (Å²) in [5.41, 5.74) is 0. The van der Waals surface area contributed by atoms with Crippen molar-refractivity contribution in [3.63, 3.8) is 0 Å². The molecular weight excluding hydrogens is 134 g/mol. The normalized spacial score (nSPS) is 37.0. The molecule has 2 heterocycles. The van der Waals surface area contributed by atoms with Gasteiger partial charge in [-0.25, -0.2) is 4.79 Å². The third kappa shape index (κ3) is 0.844. The van der Waals surface area contributed by atoms with Crippen molar-refractivity contribution in [1.82, 2.24) is 4.90 Å². The van der Waals surface area contributed by atoms with Gasteiger partial charge < -0.3 is 14.7 Å². The van der Waals surface area contributed by atoms with Gasteiger partial charge in [0, 0.05) is 6.54 Å². The molecule has 0 aliphatic carbocycles. The van der Waals surface area contributed by atoms with Crippen molar-refractivity contribution in [3.05, 3.63) is 0 Å². The summed E-state index contributed by atoms with van der Waals surface area (Å²) in [5.74, 6) is 0. The molecule has 2 saturated heterocycles. The van der Waals surface area contributed by atoms with E-state index in [0.717, 1.165) is 6.42 Å². The van der Waals surface area contributed by atoms with Crippen LogP contribution < -0.4 is 0 Å². The van der Waals surface area contributed by atoms with E-state index in [1.807, 2.05) is 0 Å². The van der Waals surface area contributed by atoms with E-state index in [2.05, 4.69) is 0 Å². The van der Waals surface area contributed by atoms with E-state index in [4.69, 9.17) is 9.84 Å². The van der Waals surface area contributed by atoms with Crippen LogP contribution >= 0.6 is 0 Å². The maximum Gasteiger partial charge on any atom is 0.407 e. The largest absolute Gasteiger partial charge is 0.465 e. The molecule has 4 heteroatoms. The van der Waals surface area contributed by atoms with Crippen LogP contribution in [0.4, 0.5) is 4.79 Å². The average Bonchev–Trinajstić information content (AvgIpc) is 2.63. The first-order valence-electron chi connectivity index (χ1n) is 3.41. The standard InChI is InChI=1S/C6H9NO3/c8-6(9)7-2-1-4-5(3-7)10-4/h4-5H,1-3H2,(H,8,9)/t4-,5-/m0/s1. The smallest absolute Gasteiger partial charge is 0.407 e. The Morgan fingerprint density at radius 2 is 2.40 bits per heavy atom. The first-order chi connectivity index (χ1) is 4.77. The molecule has 2 rings (SSSR count). The number of carbonyl (C=O) groups is 1. The first-order valence-corrected chi connectivity index (χ1v) is 3.41. The van der Waals surface area contributed by atoms with Gasteiger partial charge in [0.25, 0.3) is 0 Å². The SMILES string of the molecule is O=C(O)N1CC[C@@H]2O[C@H]2C1. The molecule has 4 nitrogen and oxygen atoms in total. The molecule has 0 radical (unpaired) electrons. The fourth-order valence-electron chi connectivity index (χ4n) is 1.36. The maximum absolute atomic E-state index is 10.4. The van der Waals surface area contributed by atoms with Crippen molar-refractivity contribution >= 4 is 6.09 Å². The van der Waals surface area contributed by atoms with Gasteiger partial charge in [-0.05, 0) is 6.42 Å². The highest BCUT2D eigenvalue weighted by atomic mass is 16.6. The van der Waals surface area contributed by atoms with Crippen LogP contribution in [-0.2, 0) is 4.74 Å². The summed E-state index contributed by atoms with van der Waals surface area (Å²) in [6, 6.07) is 0. The van der Waals surface area contributed by atoms with Gasteiger partial charge in [0.05, 0.1) is 12.6 Å². The van der Waals surface area contributed by atoms with Crippen molar-refractivity contribution in [2.75, 3.05) is 13.1 Å². The highest BCUT2D eigenvalue weighted by Gasteiger charge is 2.44. The van der Waals surface area contributed by atoms with E-state index in [1.54, 1.807) is 0 Å². The number of likely N-dealkylation sites (tertiary alicyclic amines) is 1. The van der Waals surface area contributed by atoms with E-state index in [-0.39, 0.29) is 6.10 Å². The summed E-state index contributed by atoms with van der Waals surface area (Å²) < 4.78 is 5.15. The summed E-state index contributed by atoms with van der Waals surface area (Å²) in [6.07, 6.45) is 0.631. The summed E-state index contributed by atoms with van der Waals surface area (Å²) in [5, 5.41) is 8.54. The summed E-state index contributed by atoms with van der Waals surface area (Å²) in [7, 11) is 0. The lowest BCUT2D eigenvalue weighted by Crippen LogP contribution is -2.38. The number of nitrogens with zero attached hydrogens (tertiary/aromatic N) is 1. The molecule has 1 amide bonds. The molecule has 0 bridgehead atoms. The monoisotopic (exact) mass is 143 g/mol. The number of piperidine rings is 1. The molecule has 0 spiro atoms. The Morgan fingerprint density at radius 3 is 3.00 bits per heavy atom. The van der Waals surface area contributed by atoms with Crippen LogP contribution in [0, 0.1) is 0 Å². The number of rotatable bonds is 0. The molecule has 0 aromatic carbocycles. The third-order valence-corrected chi connectivity index (χ3v) is 2.04. The predicted octanol–water partition coefficient (Wildman–Crippen LogP) is 0.137. The Morgan fingerprint density at radius 1 is 1.60 bits per heavy atom. The first kappa shape index (κ1) is 5.97. The van der Waals surface area contributed by atoms with Gasteiger partial charge in [0.15, 0.2) is 0 Å². The van der Waals surface area contributed by atoms with Crippen LogP contribution in [-0.4, -0.2) is 41.4 Å². The maximum atomic E-state index is 10.4. The number of epoxide rings is 1. The van der Waals surface area contributed by atoms with E-state index >= 15 is 0 Å². The zero-order valence-electron chi connectivity index (χ0n) is 5.49. The van der Waals surface area contributed by atoms with Gasteiger partial charge in [-0.1, -0.05) is 0 Å². The van der Waals surface area contributed by atoms with Crippen LogP contribution in [0.3, 0.4) is 0 Å². The summed E-state index contributed by atoms with van der Waals surface area (Å²) in [4.78, 5) is 11.8. The molecule has 1 N–H and O–H groups in total. The number of ether oxygens (including phenoxy) is 1. The molecule has 2 aliphatic heterocycles. The minimum atomic E-state index is -0.825. The van der Waals surface area contributed by atoms with Crippen molar-refractivity contribution in [2.45, 2.75) is 18.6 Å². The topological polar surface area (TPSA) is 53.1 Å². The molecule has 56 valence electrons. The Bertz CT molecular complexity index is 170. The predicted molar refractivity (Wildman–Crippen MR) is 32.9 cm³/mol. The molecule has 10 heavy (non-hydrogen) atoms. The van der Waals surface area contributed by atoms with E-state index in [9.17, 15) is 4.79 Å². The third-order valence-electron chi connectivity index (χ3n) is 2.04. The van der Waals surface area contributed by atoms with Crippen LogP contribution in [0.5, 0.6) is 0 Å². The van der Waals surface area contributed by atoms with E-state index in [0.29, 0.717) is 19.2 Å². The van der Waals surface area contributed by atoms with Crippen LogP contribution in [0.25, 0.3) is 0 Å². The average molecular weight is 143 g/mol. The van der Waals surface area contributed by atoms with Crippen molar-refractivity contribution < 1.29 is 14.6 Å². The lowest BCUT2D eigenvalue weighted by Gasteiger charge is -2.20. The van der Waals surface area contributed by atoms with E-state index < -0.39 is 6.09 Å². The summed E-state index contributed by atoms with van der Waals surface area (Å²) in [6.45, 7) is 1.20. The van der Waals surface area contributed by atoms with Crippen LogP contribution in [0.1, 0.15) is 6.42 Å². The number of hydrogen-bond acceptors (Lipinski definition) is 2. The Balaban J connectivity index is 1.94. The highest BCUT2D eigenvalue weighted by Crippen LogP contribution is 2.30. The zero-order chi connectivity index (χ0) is 7.14. The summed E-state index contributed by atoms with van der Waals surface area (Å²) >= 11 is 0. The highest BCUT2D eigenvalue weighted by molar-refractivity contribution is 5.65. The minimum absolute atomic E-state index is 0.213. The number of fused-ring (bicyclic) bond motifs is 1. The Hall–Kier alpha value is -0.770. The lowest BCUT2D eigenvalue weighted by molar-refractivity contribution is 0.139. The van der Waals surface area contributed by atoms with Crippen molar-refractivity contribution in [3.8, 4) is 0 Å². The van der Waals surface area contributed by atoms with Gasteiger partial charge in [0.2, 0.25) is 0 Å². The number of amides is 1. The number of carboxylic acid groups (broad SMARTS) is 1. The molecule has 0 aromatic heterocycles. The molecule has 2 atom stereocenters. The van der Waals surface area contributed by atoms with Gasteiger partial charge in [-0.3, -0.25) is 0 Å². The second-order valence-corrected chi connectivity index (χ2v) is 2.73. The fraction of sp³-hybridized carbons (Fsp3) is 0.833. The lowest BCUT2D eigenvalue weighted by atomic mass is 10.1. The van der Waals surface area contributed by atoms with Gasteiger partial charge in [-0.15, -0.1) is 0 Å².